The maximum absolute atomic E-state index is 9.99. The van der Waals surface area contributed by atoms with Gasteiger partial charge in [0, 0.05) is 0 Å². The first-order valence-corrected chi connectivity index (χ1v) is 5.57. The molecule has 2 aliphatic heterocycles. The standard InChI is InChI=1S/C11H16O7/c12-6(5-3-1-2-4-17-5)10-8(14)7(13)9(15)11(16)18-10/h1-16H/t5?,6?,7-,8-,9+,10+,11?/m0/s1. The largest absolute Gasteiger partial charge is 0.491 e. The van der Waals surface area contributed by atoms with Crippen LogP contribution in [0.3, 0.4) is 0 Å². The highest BCUT2D eigenvalue weighted by Gasteiger charge is 2.47. The van der Waals surface area contributed by atoms with Crippen molar-refractivity contribution in [3.63, 3.8) is 0 Å². The van der Waals surface area contributed by atoms with Gasteiger partial charge in [-0.3, -0.25) is 0 Å². The number of aliphatic hydroxyl groups excluding tert-OH is 5. The van der Waals surface area contributed by atoms with E-state index in [4.69, 9.17) is 9.47 Å². The Labute approximate surface area is 103 Å². The molecule has 0 aromatic carbocycles. The Hall–Kier alpha value is -0.960. The van der Waals surface area contributed by atoms with Crippen molar-refractivity contribution in [1.29, 1.82) is 0 Å². The zero-order valence-corrected chi connectivity index (χ0v) is 9.40. The van der Waals surface area contributed by atoms with Gasteiger partial charge >= 0.3 is 0 Å². The van der Waals surface area contributed by atoms with Gasteiger partial charge in [-0.2, -0.15) is 0 Å². The van der Waals surface area contributed by atoms with Gasteiger partial charge < -0.3 is 35.0 Å². The van der Waals surface area contributed by atoms with Gasteiger partial charge in [-0.25, -0.2) is 0 Å². The normalized spacial score (nSPS) is 45.6. The summed E-state index contributed by atoms with van der Waals surface area (Å²) < 4.78 is 10.0. The van der Waals surface area contributed by atoms with Gasteiger partial charge in [-0.1, -0.05) is 6.08 Å². The molecule has 0 spiro atoms. The number of rotatable bonds is 2. The zero-order chi connectivity index (χ0) is 13.3. The van der Waals surface area contributed by atoms with Crippen LogP contribution in [-0.4, -0.2) is 68.4 Å². The maximum atomic E-state index is 9.99. The summed E-state index contributed by atoms with van der Waals surface area (Å²) in [5, 5.41) is 47.9. The van der Waals surface area contributed by atoms with Crippen LogP contribution in [0.25, 0.3) is 0 Å². The van der Waals surface area contributed by atoms with Crippen molar-refractivity contribution in [2.24, 2.45) is 0 Å². The van der Waals surface area contributed by atoms with E-state index in [0.29, 0.717) is 0 Å². The Morgan fingerprint density at radius 1 is 0.944 bits per heavy atom. The highest BCUT2D eigenvalue weighted by atomic mass is 16.6. The molecular formula is C11H16O7. The molecule has 0 amide bonds. The molecule has 102 valence electrons. The first kappa shape index (κ1) is 13.5. The van der Waals surface area contributed by atoms with Crippen LogP contribution >= 0.6 is 0 Å². The van der Waals surface area contributed by atoms with E-state index in [-0.39, 0.29) is 0 Å². The average molecular weight is 260 g/mol. The smallest absolute Gasteiger partial charge is 0.184 e. The molecular weight excluding hydrogens is 244 g/mol. The van der Waals surface area contributed by atoms with E-state index >= 15 is 0 Å². The number of allylic oxidation sites excluding steroid dienone is 2. The van der Waals surface area contributed by atoms with Gasteiger partial charge in [0.2, 0.25) is 0 Å². The second kappa shape index (κ2) is 5.35. The number of ether oxygens (including phenoxy) is 2. The van der Waals surface area contributed by atoms with Crippen LogP contribution < -0.4 is 0 Å². The Bertz CT molecular complexity index is 342. The quantitative estimate of drug-likeness (QED) is 0.376. The second-order valence-corrected chi connectivity index (χ2v) is 4.27. The molecule has 5 N–H and O–H groups in total. The van der Waals surface area contributed by atoms with E-state index < -0.39 is 42.9 Å². The molecule has 1 saturated heterocycles. The lowest BCUT2D eigenvalue weighted by atomic mass is 9.92. The fourth-order valence-electron chi connectivity index (χ4n) is 1.95. The van der Waals surface area contributed by atoms with E-state index in [0.717, 1.165) is 0 Å². The predicted molar refractivity (Wildman–Crippen MR) is 58.1 cm³/mol. The first-order chi connectivity index (χ1) is 8.52. The molecule has 7 heteroatoms. The maximum Gasteiger partial charge on any atom is 0.184 e. The van der Waals surface area contributed by atoms with Crippen LogP contribution in [0.15, 0.2) is 24.5 Å². The van der Waals surface area contributed by atoms with Crippen molar-refractivity contribution in [2.45, 2.75) is 42.9 Å². The Morgan fingerprint density at radius 3 is 2.28 bits per heavy atom. The molecule has 0 bridgehead atoms. The molecule has 0 radical (unpaired) electrons. The summed E-state index contributed by atoms with van der Waals surface area (Å²) in [5.41, 5.74) is 0. The van der Waals surface area contributed by atoms with Crippen LogP contribution in [0.1, 0.15) is 0 Å². The lowest BCUT2D eigenvalue weighted by Crippen LogP contribution is -2.62. The lowest BCUT2D eigenvalue weighted by molar-refractivity contribution is -0.301. The minimum Gasteiger partial charge on any atom is -0.491 e. The zero-order valence-electron chi connectivity index (χ0n) is 9.40. The summed E-state index contributed by atoms with van der Waals surface area (Å²) in [6.45, 7) is 0. The van der Waals surface area contributed by atoms with Gasteiger partial charge in [0.1, 0.15) is 36.6 Å². The monoisotopic (exact) mass is 260 g/mol. The molecule has 18 heavy (non-hydrogen) atoms. The van der Waals surface area contributed by atoms with Crippen LogP contribution in [0.2, 0.25) is 0 Å². The number of hydrogen-bond acceptors (Lipinski definition) is 7. The van der Waals surface area contributed by atoms with E-state index in [1.807, 2.05) is 0 Å². The molecule has 2 rings (SSSR count). The predicted octanol–water partition coefficient (Wildman–Crippen LogP) is -2.38. The average Bonchev–Trinajstić information content (AvgIpc) is 2.41. The topological polar surface area (TPSA) is 120 Å². The van der Waals surface area contributed by atoms with E-state index in [9.17, 15) is 25.5 Å². The molecule has 0 aromatic rings. The molecule has 7 atom stereocenters. The Balaban J connectivity index is 2.07. The summed E-state index contributed by atoms with van der Waals surface area (Å²) in [4.78, 5) is 0. The van der Waals surface area contributed by atoms with Crippen LogP contribution in [-0.2, 0) is 9.47 Å². The molecule has 0 aliphatic carbocycles. The summed E-state index contributed by atoms with van der Waals surface area (Å²) in [5.74, 6) is 0. The van der Waals surface area contributed by atoms with E-state index in [1.165, 1.54) is 6.26 Å². The van der Waals surface area contributed by atoms with Crippen molar-refractivity contribution in [3.05, 3.63) is 24.5 Å². The molecule has 2 heterocycles. The Kier molecular flexibility index (Phi) is 4.00. The highest BCUT2D eigenvalue weighted by Crippen LogP contribution is 2.25. The first-order valence-electron chi connectivity index (χ1n) is 5.57. The van der Waals surface area contributed by atoms with Gasteiger partial charge in [0.25, 0.3) is 0 Å². The van der Waals surface area contributed by atoms with Crippen LogP contribution in [0.5, 0.6) is 0 Å². The van der Waals surface area contributed by atoms with Gasteiger partial charge in [0.15, 0.2) is 6.29 Å². The van der Waals surface area contributed by atoms with Crippen molar-refractivity contribution in [3.8, 4) is 0 Å². The third-order valence-corrected chi connectivity index (χ3v) is 3.02. The van der Waals surface area contributed by atoms with Gasteiger partial charge in [0.05, 0.1) is 6.26 Å². The van der Waals surface area contributed by atoms with Crippen molar-refractivity contribution in [1.82, 2.24) is 0 Å². The second-order valence-electron chi connectivity index (χ2n) is 4.27. The molecule has 2 aliphatic rings. The van der Waals surface area contributed by atoms with Crippen molar-refractivity contribution >= 4 is 0 Å². The summed E-state index contributed by atoms with van der Waals surface area (Å²) in [7, 11) is 0. The summed E-state index contributed by atoms with van der Waals surface area (Å²) in [6.07, 6.45) is -3.56. The lowest BCUT2D eigenvalue weighted by Gasteiger charge is -2.41. The molecule has 1 fully saturated rings. The van der Waals surface area contributed by atoms with Crippen molar-refractivity contribution < 1.29 is 35.0 Å². The SMILES string of the molecule is OC(C1C=CC=CO1)[C@H]1OC(O)[C@H](O)[C@@H](O)[C@@H]1O. The molecule has 3 unspecified atom stereocenters. The minimum atomic E-state index is -1.67. The number of hydrogen-bond donors (Lipinski definition) is 5. The van der Waals surface area contributed by atoms with Gasteiger partial charge in [-0.15, -0.1) is 0 Å². The van der Waals surface area contributed by atoms with Crippen LogP contribution in [0, 0.1) is 0 Å². The number of aliphatic hydroxyl groups is 5. The van der Waals surface area contributed by atoms with E-state index in [2.05, 4.69) is 0 Å². The van der Waals surface area contributed by atoms with E-state index in [1.54, 1.807) is 18.2 Å². The summed E-state index contributed by atoms with van der Waals surface area (Å²) >= 11 is 0. The highest BCUT2D eigenvalue weighted by molar-refractivity contribution is 5.11. The summed E-state index contributed by atoms with van der Waals surface area (Å²) in [6, 6.07) is 0. The van der Waals surface area contributed by atoms with Gasteiger partial charge in [-0.05, 0) is 12.2 Å². The Morgan fingerprint density at radius 2 is 1.67 bits per heavy atom. The molecule has 7 nitrogen and oxygen atoms in total. The molecule has 0 aromatic heterocycles. The molecule has 0 saturated carbocycles. The minimum absolute atomic E-state index is 0.760. The third-order valence-electron chi connectivity index (χ3n) is 3.02. The fourth-order valence-corrected chi connectivity index (χ4v) is 1.95. The third kappa shape index (κ3) is 2.41. The fraction of sp³-hybridized carbons (Fsp3) is 0.636. The van der Waals surface area contributed by atoms with Crippen LogP contribution in [0.4, 0.5) is 0 Å². The van der Waals surface area contributed by atoms with Crippen molar-refractivity contribution in [2.75, 3.05) is 0 Å².